The predicted octanol–water partition coefficient (Wildman–Crippen LogP) is 1.28. The number of ether oxygens (including phenoxy) is 1. The summed E-state index contributed by atoms with van der Waals surface area (Å²) >= 11 is 0. The highest BCUT2D eigenvalue weighted by molar-refractivity contribution is 5.82. The lowest BCUT2D eigenvalue weighted by Gasteiger charge is -2.31. The van der Waals surface area contributed by atoms with Gasteiger partial charge in [-0.3, -0.25) is 4.79 Å². The largest absolute Gasteiger partial charge is 0.378 e. The third-order valence-corrected chi connectivity index (χ3v) is 4.42. The Kier molecular flexibility index (Phi) is 5.29. The number of carbonyl (C=O) groups is 1. The molecule has 0 spiro atoms. The van der Waals surface area contributed by atoms with Crippen molar-refractivity contribution in [3.63, 3.8) is 0 Å². The summed E-state index contributed by atoms with van der Waals surface area (Å²) in [7, 11) is 0. The summed E-state index contributed by atoms with van der Waals surface area (Å²) in [5.41, 5.74) is 2.39. The number of piperidine rings is 1. The summed E-state index contributed by atoms with van der Waals surface area (Å²) < 4.78 is 5.42. The van der Waals surface area contributed by atoms with Gasteiger partial charge in [-0.2, -0.15) is 0 Å². The zero-order valence-electron chi connectivity index (χ0n) is 13.0. The number of morpholine rings is 1. The lowest BCUT2D eigenvalue weighted by Crippen LogP contribution is -2.46. The quantitative estimate of drug-likeness (QED) is 0.880. The minimum Gasteiger partial charge on any atom is -0.378 e. The van der Waals surface area contributed by atoms with Gasteiger partial charge in [0.15, 0.2) is 0 Å². The van der Waals surface area contributed by atoms with Crippen LogP contribution >= 0.6 is 0 Å². The molecular formula is C17H25N3O2. The molecule has 1 aromatic rings. The summed E-state index contributed by atoms with van der Waals surface area (Å²) in [5.74, 6) is 0.122. The minimum absolute atomic E-state index is 0.0238. The SMILES string of the molecule is O=C(NCc1ccccc1N1CCOCC1)[C@H]1CCCCN1. The topological polar surface area (TPSA) is 53.6 Å². The Morgan fingerprint density at radius 1 is 1.27 bits per heavy atom. The first-order chi connectivity index (χ1) is 10.8. The fraction of sp³-hybridized carbons (Fsp3) is 0.588. The summed E-state index contributed by atoms with van der Waals surface area (Å²) in [4.78, 5) is 14.6. The van der Waals surface area contributed by atoms with Crippen molar-refractivity contribution in [1.29, 1.82) is 0 Å². The molecule has 2 heterocycles. The molecule has 0 saturated carbocycles. The van der Waals surface area contributed by atoms with E-state index in [1.807, 2.05) is 6.07 Å². The maximum absolute atomic E-state index is 12.3. The molecule has 0 bridgehead atoms. The second-order valence-electron chi connectivity index (χ2n) is 5.95. The summed E-state index contributed by atoms with van der Waals surface area (Å²) in [5, 5.41) is 6.38. The van der Waals surface area contributed by atoms with Gasteiger partial charge in [0.2, 0.25) is 5.91 Å². The van der Waals surface area contributed by atoms with Crippen LogP contribution in [0.2, 0.25) is 0 Å². The van der Waals surface area contributed by atoms with Crippen LogP contribution in [0.1, 0.15) is 24.8 Å². The van der Waals surface area contributed by atoms with E-state index in [9.17, 15) is 4.79 Å². The van der Waals surface area contributed by atoms with E-state index in [0.717, 1.165) is 45.7 Å². The molecule has 5 nitrogen and oxygen atoms in total. The van der Waals surface area contributed by atoms with Crippen LogP contribution in [0.5, 0.6) is 0 Å². The Morgan fingerprint density at radius 3 is 2.86 bits per heavy atom. The van der Waals surface area contributed by atoms with Crippen LogP contribution in [0.15, 0.2) is 24.3 Å². The van der Waals surface area contributed by atoms with E-state index in [0.29, 0.717) is 6.54 Å². The molecule has 2 aliphatic rings. The minimum atomic E-state index is -0.0238. The Balaban J connectivity index is 1.60. The molecule has 0 unspecified atom stereocenters. The van der Waals surface area contributed by atoms with Gasteiger partial charge in [0.1, 0.15) is 0 Å². The van der Waals surface area contributed by atoms with Crippen LogP contribution in [0.3, 0.4) is 0 Å². The molecule has 2 saturated heterocycles. The van der Waals surface area contributed by atoms with E-state index >= 15 is 0 Å². The molecule has 0 aromatic heterocycles. The Bertz CT molecular complexity index is 494. The van der Waals surface area contributed by atoms with Crippen molar-refractivity contribution in [2.24, 2.45) is 0 Å². The average molecular weight is 303 g/mol. The van der Waals surface area contributed by atoms with E-state index in [1.54, 1.807) is 0 Å². The first-order valence-corrected chi connectivity index (χ1v) is 8.26. The predicted molar refractivity (Wildman–Crippen MR) is 87.0 cm³/mol. The molecule has 22 heavy (non-hydrogen) atoms. The molecule has 0 aliphatic carbocycles. The monoisotopic (exact) mass is 303 g/mol. The molecule has 1 atom stereocenters. The van der Waals surface area contributed by atoms with Gasteiger partial charge in [0, 0.05) is 25.3 Å². The smallest absolute Gasteiger partial charge is 0.237 e. The maximum atomic E-state index is 12.3. The highest BCUT2D eigenvalue weighted by Gasteiger charge is 2.21. The zero-order valence-corrected chi connectivity index (χ0v) is 13.0. The highest BCUT2D eigenvalue weighted by Crippen LogP contribution is 2.21. The number of rotatable bonds is 4. The third kappa shape index (κ3) is 3.78. The van der Waals surface area contributed by atoms with Gasteiger partial charge in [0.05, 0.1) is 19.3 Å². The van der Waals surface area contributed by atoms with Gasteiger partial charge in [0.25, 0.3) is 0 Å². The van der Waals surface area contributed by atoms with Crippen molar-refractivity contribution in [3.8, 4) is 0 Å². The van der Waals surface area contributed by atoms with Crippen LogP contribution < -0.4 is 15.5 Å². The second kappa shape index (κ2) is 7.61. The average Bonchev–Trinajstić information content (AvgIpc) is 2.61. The van der Waals surface area contributed by atoms with Gasteiger partial charge in [-0.25, -0.2) is 0 Å². The molecule has 3 rings (SSSR count). The number of anilines is 1. The van der Waals surface area contributed by atoms with Crippen molar-refractivity contribution in [2.45, 2.75) is 31.8 Å². The van der Waals surface area contributed by atoms with Crippen molar-refractivity contribution >= 4 is 11.6 Å². The van der Waals surface area contributed by atoms with Gasteiger partial charge in [-0.1, -0.05) is 24.6 Å². The van der Waals surface area contributed by atoms with E-state index < -0.39 is 0 Å². The van der Waals surface area contributed by atoms with Gasteiger partial charge < -0.3 is 20.3 Å². The van der Waals surface area contributed by atoms with Crippen molar-refractivity contribution in [3.05, 3.63) is 29.8 Å². The van der Waals surface area contributed by atoms with Gasteiger partial charge in [-0.15, -0.1) is 0 Å². The lowest BCUT2D eigenvalue weighted by molar-refractivity contribution is -0.123. The molecule has 1 amide bonds. The van der Waals surface area contributed by atoms with Crippen LogP contribution in [0.4, 0.5) is 5.69 Å². The van der Waals surface area contributed by atoms with E-state index in [1.165, 1.54) is 17.7 Å². The first-order valence-electron chi connectivity index (χ1n) is 8.26. The number of amides is 1. The van der Waals surface area contributed by atoms with E-state index in [4.69, 9.17) is 4.74 Å². The van der Waals surface area contributed by atoms with Crippen LogP contribution in [-0.2, 0) is 16.1 Å². The number of nitrogens with one attached hydrogen (secondary N) is 2. The van der Waals surface area contributed by atoms with Crippen LogP contribution in [0, 0.1) is 0 Å². The van der Waals surface area contributed by atoms with Crippen molar-refractivity contribution in [1.82, 2.24) is 10.6 Å². The summed E-state index contributed by atoms with van der Waals surface area (Å²) in [6, 6.07) is 8.29. The number of hydrogen-bond acceptors (Lipinski definition) is 4. The molecular weight excluding hydrogens is 278 g/mol. The normalized spacial score (nSPS) is 22.4. The number of carbonyl (C=O) groups excluding carboxylic acids is 1. The zero-order chi connectivity index (χ0) is 15.2. The fourth-order valence-electron chi connectivity index (χ4n) is 3.15. The number of hydrogen-bond donors (Lipinski definition) is 2. The Hall–Kier alpha value is -1.59. The van der Waals surface area contributed by atoms with Gasteiger partial charge in [-0.05, 0) is 31.0 Å². The molecule has 0 radical (unpaired) electrons. The maximum Gasteiger partial charge on any atom is 0.237 e. The Morgan fingerprint density at radius 2 is 2.09 bits per heavy atom. The van der Waals surface area contributed by atoms with Gasteiger partial charge >= 0.3 is 0 Å². The first kappa shape index (κ1) is 15.3. The molecule has 5 heteroatoms. The summed E-state index contributed by atoms with van der Waals surface area (Å²) in [6.07, 6.45) is 3.25. The summed E-state index contributed by atoms with van der Waals surface area (Å²) in [6.45, 7) is 4.90. The van der Waals surface area contributed by atoms with Crippen molar-refractivity contribution < 1.29 is 9.53 Å². The fourth-order valence-corrected chi connectivity index (χ4v) is 3.15. The van der Waals surface area contributed by atoms with E-state index in [-0.39, 0.29) is 11.9 Å². The standard InChI is InChI=1S/C17H25N3O2/c21-17(15-6-3-4-8-18-15)19-13-14-5-1-2-7-16(14)20-9-11-22-12-10-20/h1-2,5,7,15,18H,3-4,6,8-13H2,(H,19,21)/t15-/m1/s1. The third-order valence-electron chi connectivity index (χ3n) is 4.42. The number of nitrogens with zero attached hydrogens (tertiary/aromatic N) is 1. The Labute approximate surface area is 132 Å². The van der Waals surface area contributed by atoms with Crippen molar-refractivity contribution in [2.75, 3.05) is 37.7 Å². The molecule has 2 aliphatic heterocycles. The number of para-hydroxylation sites is 1. The molecule has 2 fully saturated rings. The second-order valence-corrected chi connectivity index (χ2v) is 5.95. The van der Waals surface area contributed by atoms with Crippen LogP contribution in [-0.4, -0.2) is 44.8 Å². The van der Waals surface area contributed by atoms with Crippen LogP contribution in [0.25, 0.3) is 0 Å². The number of benzene rings is 1. The molecule has 1 aromatic carbocycles. The van der Waals surface area contributed by atoms with E-state index in [2.05, 4.69) is 33.7 Å². The molecule has 2 N–H and O–H groups in total. The molecule has 120 valence electrons. The lowest BCUT2D eigenvalue weighted by atomic mass is 10.0. The highest BCUT2D eigenvalue weighted by atomic mass is 16.5.